The van der Waals surface area contributed by atoms with Crippen molar-refractivity contribution in [1.82, 2.24) is 20.3 Å². The van der Waals surface area contributed by atoms with Crippen molar-refractivity contribution >= 4 is 11.7 Å². The number of nitrogens with one attached hydrogen (secondary N) is 2. The monoisotopic (exact) mass is 379 g/mol. The lowest BCUT2D eigenvalue weighted by Gasteiger charge is -2.09. The lowest BCUT2D eigenvalue weighted by Crippen LogP contribution is -2.29. The number of nitrogens with zero attached hydrogens (tertiary/aromatic N) is 3. The number of rotatable bonds is 9. The molecule has 0 fully saturated rings. The van der Waals surface area contributed by atoms with Crippen molar-refractivity contribution in [3.05, 3.63) is 72.4 Å². The van der Waals surface area contributed by atoms with Crippen molar-refractivity contribution in [2.75, 3.05) is 25.6 Å². The summed E-state index contributed by atoms with van der Waals surface area (Å²) in [5.41, 5.74) is 1.35. The summed E-state index contributed by atoms with van der Waals surface area (Å²) in [6, 6.07) is 12.7. The van der Waals surface area contributed by atoms with Gasteiger partial charge in [0.15, 0.2) is 0 Å². The average molecular weight is 379 g/mol. The molecule has 2 N–H and O–H groups in total. The normalized spacial score (nSPS) is 10.2. The number of methoxy groups -OCH3 is 1. The Balaban J connectivity index is 1.44. The van der Waals surface area contributed by atoms with E-state index in [1.54, 1.807) is 25.6 Å². The molecule has 0 saturated heterocycles. The van der Waals surface area contributed by atoms with Gasteiger partial charge in [-0.15, -0.1) is 0 Å². The van der Waals surface area contributed by atoms with Gasteiger partial charge in [-0.2, -0.15) is 0 Å². The molecule has 0 aliphatic heterocycles. The minimum Gasteiger partial charge on any atom is -0.497 e. The van der Waals surface area contributed by atoms with Gasteiger partial charge in [0, 0.05) is 25.0 Å². The van der Waals surface area contributed by atoms with Crippen LogP contribution in [0.2, 0.25) is 0 Å². The molecule has 3 rings (SSSR count). The van der Waals surface area contributed by atoms with Crippen LogP contribution >= 0.6 is 0 Å². The zero-order chi connectivity index (χ0) is 19.6. The molecule has 0 spiro atoms. The van der Waals surface area contributed by atoms with Gasteiger partial charge in [0.2, 0.25) is 0 Å². The number of carbonyl (C=O) groups is 1. The van der Waals surface area contributed by atoms with Gasteiger partial charge < -0.3 is 20.1 Å². The number of ether oxygens (including phenoxy) is 2. The van der Waals surface area contributed by atoms with Crippen molar-refractivity contribution in [3.63, 3.8) is 0 Å². The van der Waals surface area contributed by atoms with Crippen LogP contribution in [0.4, 0.5) is 5.82 Å². The van der Waals surface area contributed by atoms with Crippen molar-refractivity contribution in [2.45, 2.75) is 6.54 Å². The van der Waals surface area contributed by atoms with E-state index < -0.39 is 0 Å². The molecular formula is C20H21N5O3. The zero-order valence-corrected chi connectivity index (χ0v) is 15.5. The van der Waals surface area contributed by atoms with Crippen LogP contribution in [-0.2, 0) is 6.54 Å². The van der Waals surface area contributed by atoms with E-state index in [2.05, 4.69) is 25.6 Å². The van der Waals surface area contributed by atoms with Gasteiger partial charge in [-0.3, -0.25) is 9.78 Å². The highest BCUT2D eigenvalue weighted by atomic mass is 16.5. The molecule has 0 aliphatic carbocycles. The first kappa shape index (κ1) is 19.1. The fourth-order valence-corrected chi connectivity index (χ4v) is 2.37. The Morgan fingerprint density at radius 3 is 2.54 bits per heavy atom. The van der Waals surface area contributed by atoms with E-state index in [9.17, 15) is 4.79 Å². The fraction of sp³-hybridized carbons (Fsp3) is 0.200. The van der Waals surface area contributed by atoms with Crippen LogP contribution in [0.25, 0.3) is 0 Å². The van der Waals surface area contributed by atoms with Crippen LogP contribution in [0.1, 0.15) is 16.1 Å². The second-order valence-electron chi connectivity index (χ2n) is 5.78. The molecule has 0 unspecified atom stereocenters. The first-order valence-electron chi connectivity index (χ1n) is 8.74. The smallest absolute Gasteiger partial charge is 0.270 e. The summed E-state index contributed by atoms with van der Waals surface area (Å²) in [7, 11) is 1.61. The number of amides is 1. The number of benzene rings is 1. The molecule has 1 aromatic carbocycles. The highest BCUT2D eigenvalue weighted by Gasteiger charge is 2.08. The summed E-state index contributed by atoms with van der Waals surface area (Å²) in [5, 5.41) is 5.94. The Kier molecular flexibility index (Phi) is 6.73. The number of aromatic nitrogens is 3. The zero-order valence-electron chi connectivity index (χ0n) is 15.5. The Labute approximate surface area is 163 Å². The molecule has 1 amide bonds. The summed E-state index contributed by atoms with van der Waals surface area (Å²) in [6.07, 6.45) is 4.81. The van der Waals surface area contributed by atoms with Crippen LogP contribution in [0, 0.1) is 0 Å². The topological polar surface area (TPSA) is 98.3 Å². The van der Waals surface area contributed by atoms with Crippen LogP contribution in [0.5, 0.6) is 11.5 Å². The maximum absolute atomic E-state index is 12.3. The molecule has 3 aromatic rings. The average Bonchev–Trinajstić information content (AvgIpc) is 2.76. The molecule has 0 radical (unpaired) electrons. The van der Waals surface area contributed by atoms with Gasteiger partial charge >= 0.3 is 0 Å². The molecule has 0 bridgehead atoms. The SMILES string of the molecule is COc1ccc(OCCNC(=O)c2cc(NCc3ccncc3)ncn2)cc1. The van der Waals surface area contributed by atoms with Gasteiger partial charge in [-0.1, -0.05) is 0 Å². The third kappa shape index (κ3) is 5.66. The van der Waals surface area contributed by atoms with Gasteiger partial charge in [-0.25, -0.2) is 9.97 Å². The van der Waals surface area contributed by atoms with Crippen LogP contribution in [0.15, 0.2) is 61.2 Å². The van der Waals surface area contributed by atoms with E-state index in [0.29, 0.717) is 31.3 Å². The minimum absolute atomic E-state index is 0.285. The number of pyridine rings is 1. The molecular weight excluding hydrogens is 358 g/mol. The highest BCUT2D eigenvalue weighted by Crippen LogP contribution is 2.16. The van der Waals surface area contributed by atoms with Crippen molar-refractivity contribution in [3.8, 4) is 11.5 Å². The number of hydrogen-bond acceptors (Lipinski definition) is 7. The van der Waals surface area contributed by atoms with Crippen LogP contribution < -0.4 is 20.1 Å². The molecule has 8 nitrogen and oxygen atoms in total. The number of carbonyl (C=O) groups excluding carboxylic acids is 1. The predicted molar refractivity (Wildman–Crippen MR) is 104 cm³/mol. The predicted octanol–water partition coefficient (Wildman–Crippen LogP) is 2.30. The Morgan fingerprint density at radius 2 is 1.79 bits per heavy atom. The van der Waals surface area contributed by atoms with Crippen LogP contribution in [-0.4, -0.2) is 41.1 Å². The van der Waals surface area contributed by atoms with E-state index >= 15 is 0 Å². The lowest BCUT2D eigenvalue weighted by molar-refractivity contribution is 0.0942. The molecule has 0 aliphatic rings. The number of anilines is 1. The van der Waals surface area contributed by atoms with Gasteiger partial charge in [0.05, 0.1) is 13.7 Å². The lowest BCUT2D eigenvalue weighted by atomic mass is 10.2. The largest absolute Gasteiger partial charge is 0.497 e. The second-order valence-corrected chi connectivity index (χ2v) is 5.78. The molecule has 8 heteroatoms. The summed E-state index contributed by atoms with van der Waals surface area (Å²) in [6.45, 7) is 1.28. The molecule has 2 heterocycles. The fourth-order valence-electron chi connectivity index (χ4n) is 2.37. The molecule has 2 aromatic heterocycles. The Morgan fingerprint density at radius 1 is 1.04 bits per heavy atom. The van der Waals surface area contributed by atoms with E-state index in [1.807, 2.05) is 36.4 Å². The quantitative estimate of drug-likeness (QED) is 0.551. The molecule has 0 saturated carbocycles. The van der Waals surface area contributed by atoms with Crippen molar-refractivity contribution < 1.29 is 14.3 Å². The second kappa shape index (κ2) is 9.86. The van der Waals surface area contributed by atoms with E-state index in [1.165, 1.54) is 6.33 Å². The first-order chi connectivity index (χ1) is 13.7. The molecule has 144 valence electrons. The first-order valence-corrected chi connectivity index (χ1v) is 8.74. The maximum atomic E-state index is 12.3. The van der Waals surface area contributed by atoms with E-state index in [-0.39, 0.29) is 11.6 Å². The van der Waals surface area contributed by atoms with Gasteiger partial charge in [0.1, 0.15) is 35.9 Å². The third-order valence-electron chi connectivity index (χ3n) is 3.84. The van der Waals surface area contributed by atoms with E-state index in [0.717, 1.165) is 11.3 Å². The van der Waals surface area contributed by atoms with Gasteiger partial charge in [0.25, 0.3) is 5.91 Å². The standard InChI is InChI=1S/C20H21N5O3/c1-27-16-2-4-17(5-3-16)28-11-10-22-20(26)18-12-19(25-14-24-18)23-13-15-6-8-21-9-7-15/h2-9,12,14H,10-11,13H2,1H3,(H,22,26)(H,23,24,25). The Bertz CT molecular complexity index is 888. The molecule has 0 atom stereocenters. The van der Waals surface area contributed by atoms with E-state index in [4.69, 9.17) is 9.47 Å². The maximum Gasteiger partial charge on any atom is 0.270 e. The van der Waals surface area contributed by atoms with Gasteiger partial charge in [-0.05, 0) is 42.0 Å². The van der Waals surface area contributed by atoms with Crippen LogP contribution in [0.3, 0.4) is 0 Å². The van der Waals surface area contributed by atoms with Crippen molar-refractivity contribution in [2.24, 2.45) is 0 Å². The van der Waals surface area contributed by atoms with Crippen molar-refractivity contribution in [1.29, 1.82) is 0 Å². The highest BCUT2D eigenvalue weighted by molar-refractivity contribution is 5.92. The summed E-state index contributed by atoms with van der Waals surface area (Å²) in [4.78, 5) is 24.4. The summed E-state index contributed by atoms with van der Waals surface area (Å²) in [5.74, 6) is 1.76. The number of hydrogen-bond donors (Lipinski definition) is 2. The third-order valence-corrected chi connectivity index (χ3v) is 3.84. The minimum atomic E-state index is -0.285. The molecule has 28 heavy (non-hydrogen) atoms. The summed E-state index contributed by atoms with van der Waals surface area (Å²) < 4.78 is 10.7. The Hall–Kier alpha value is -3.68. The summed E-state index contributed by atoms with van der Waals surface area (Å²) >= 11 is 0.